The molecule has 0 unspecified atom stereocenters. The van der Waals surface area contributed by atoms with Crippen LogP contribution in [0.15, 0.2) is 78.0 Å². The molecule has 0 spiro atoms. The zero-order valence-corrected chi connectivity index (χ0v) is 24.0. The van der Waals surface area contributed by atoms with E-state index in [-0.39, 0.29) is 23.8 Å². The van der Waals surface area contributed by atoms with Gasteiger partial charge in [-0.25, -0.2) is 4.98 Å². The number of aromatic nitrogens is 1. The van der Waals surface area contributed by atoms with Gasteiger partial charge in [0, 0.05) is 24.3 Å². The molecule has 1 aliphatic rings. The van der Waals surface area contributed by atoms with Gasteiger partial charge in [0.2, 0.25) is 5.91 Å². The number of thioether (sulfide) groups is 1. The van der Waals surface area contributed by atoms with Gasteiger partial charge in [0.25, 0.3) is 5.91 Å². The molecule has 1 aliphatic heterocycles. The largest absolute Gasteiger partial charge is 0.345 e. The zero-order valence-electron chi connectivity index (χ0n) is 23.2. The van der Waals surface area contributed by atoms with Crippen molar-refractivity contribution in [2.75, 3.05) is 30.7 Å². The number of amides is 2. The number of piperidine rings is 1. The van der Waals surface area contributed by atoms with Crippen LogP contribution < -0.4 is 10.6 Å². The Labute approximate surface area is 237 Å². The highest BCUT2D eigenvalue weighted by Gasteiger charge is 2.24. The zero-order chi connectivity index (χ0) is 27.6. The minimum atomic E-state index is -0.0731. The Hall–Kier alpha value is -3.16. The molecule has 1 saturated heterocycles. The van der Waals surface area contributed by atoms with E-state index in [1.54, 1.807) is 18.0 Å². The molecule has 7 heteroatoms. The van der Waals surface area contributed by atoms with Crippen molar-refractivity contribution < 1.29 is 9.59 Å². The number of hydrogen-bond donors (Lipinski definition) is 2. The lowest BCUT2D eigenvalue weighted by Crippen LogP contribution is -2.37. The highest BCUT2D eigenvalue weighted by molar-refractivity contribution is 7.99. The molecule has 2 aromatic carbocycles. The fraction of sp³-hybridized carbons (Fsp3) is 0.406. The van der Waals surface area contributed by atoms with Crippen molar-refractivity contribution in [2.24, 2.45) is 5.92 Å². The van der Waals surface area contributed by atoms with E-state index >= 15 is 0 Å². The van der Waals surface area contributed by atoms with Gasteiger partial charge >= 0.3 is 0 Å². The lowest BCUT2D eigenvalue weighted by atomic mass is 9.89. The first-order valence-electron chi connectivity index (χ1n) is 14.0. The van der Waals surface area contributed by atoms with Crippen LogP contribution in [0.4, 0.5) is 5.69 Å². The van der Waals surface area contributed by atoms with Crippen molar-refractivity contribution in [2.45, 2.75) is 57.0 Å². The van der Waals surface area contributed by atoms with E-state index in [2.05, 4.69) is 51.7 Å². The second-order valence-electron chi connectivity index (χ2n) is 10.4. The van der Waals surface area contributed by atoms with Crippen LogP contribution in [0.3, 0.4) is 0 Å². The van der Waals surface area contributed by atoms with Gasteiger partial charge in [-0.2, -0.15) is 0 Å². The molecule has 6 nitrogen and oxygen atoms in total. The number of likely N-dealkylation sites (tertiary alicyclic amines) is 1. The number of nitrogens with one attached hydrogen (secondary N) is 2. The minimum absolute atomic E-state index is 0.0389. The molecule has 206 valence electrons. The quantitative estimate of drug-likeness (QED) is 0.269. The van der Waals surface area contributed by atoms with Gasteiger partial charge in [0.1, 0.15) is 5.03 Å². The molecule has 2 amide bonds. The first-order chi connectivity index (χ1) is 18.9. The summed E-state index contributed by atoms with van der Waals surface area (Å²) in [6.07, 6.45) is 4.74. The van der Waals surface area contributed by atoms with Crippen LogP contribution in [0.5, 0.6) is 0 Å². The lowest BCUT2D eigenvalue weighted by molar-refractivity contribution is -0.118. The Morgan fingerprint density at radius 2 is 1.79 bits per heavy atom. The first kappa shape index (κ1) is 28.8. The number of pyridine rings is 1. The summed E-state index contributed by atoms with van der Waals surface area (Å²) in [6.45, 7) is 8.83. The topological polar surface area (TPSA) is 74.3 Å². The molecule has 1 aromatic heterocycles. The molecular weight excluding hydrogens is 504 g/mol. The Bertz CT molecular complexity index is 1230. The smallest absolute Gasteiger partial charge is 0.254 e. The van der Waals surface area contributed by atoms with Gasteiger partial charge in [-0.3, -0.25) is 9.59 Å². The molecule has 0 radical (unpaired) electrons. The molecule has 2 N–H and O–H groups in total. The average Bonchev–Trinajstić information content (AvgIpc) is 2.96. The number of anilines is 1. The molecule has 1 atom stereocenters. The van der Waals surface area contributed by atoms with Crippen molar-refractivity contribution in [3.8, 4) is 0 Å². The summed E-state index contributed by atoms with van der Waals surface area (Å²) >= 11 is 1.59. The van der Waals surface area contributed by atoms with Crippen molar-refractivity contribution in [3.05, 3.63) is 89.6 Å². The maximum atomic E-state index is 13.3. The average molecular weight is 545 g/mol. The summed E-state index contributed by atoms with van der Waals surface area (Å²) in [7, 11) is 0. The third-order valence-electron chi connectivity index (χ3n) is 7.28. The van der Waals surface area contributed by atoms with Crippen LogP contribution in [0.25, 0.3) is 0 Å². The van der Waals surface area contributed by atoms with Gasteiger partial charge in [-0.15, -0.1) is 11.8 Å². The normalized spacial score (nSPS) is 15.2. The van der Waals surface area contributed by atoms with Crippen LogP contribution in [0.2, 0.25) is 0 Å². The van der Waals surface area contributed by atoms with Crippen molar-refractivity contribution in [1.29, 1.82) is 0 Å². The van der Waals surface area contributed by atoms with Gasteiger partial charge < -0.3 is 15.5 Å². The van der Waals surface area contributed by atoms with Gasteiger partial charge in [-0.05, 0) is 79.4 Å². The third kappa shape index (κ3) is 8.16. The van der Waals surface area contributed by atoms with Crippen LogP contribution >= 0.6 is 11.8 Å². The lowest BCUT2D eigenvalue weighted by Gasteiger charge is -2.33. The maximum absolute atomic E-state index is 13.3. The highest BCUT2D eigenvalue weighted by Crippen LogP contribution is 2.30. The minimum Gasteiger partial charge on any atom is -0.345 e. The van der Waals surface area contributed by atoms with E-state index in [9.17, 15) is 9.59 Å². The van der Waals surface area contributed by atoms with Crippen molar-refractivity contribution >= 4 is 29.3 Å². The third-order valence-corrected chi connectivity index (χ3v) is 8.16. The summed E-state index contributed by atoms with van der Waals surface area (Å²) in [5, 5.41) is 7.10. The van der Waals surface area contributed by atoms with Gasteiger partial charge in [-0.1, -0.05) is 63.2 Å². The fourth-order valence-electron chi connectivity index (χ4n) is 5.02. The van der Waals surface area contributed by atoms with Gasteiger partial charge in [0.05, 0.1) is 11.6 Å². The first-order valence-corrected chi connectivity index (χ1v) is 15.0. The maximum Gasteiger partial charge on any atom is 0.254 e. The van der Waals surface area contributed by atoms with E-state index in [0.29, 0.717) is 11.5 Å². The van der Waals surface area contributed by atoms with Crippen LogP contribution in [-0.4, -0.2) is 47.1 Å². The molecule has 2 heterocycles. The van der Waals surface area contributed by atoms with Crippen LogP contribution in [-0.2, 0) is 4.79 Å². The summed E-state index contributed by atoms with van der Waals surface area (Å²) in [5.74, 6) is 1.29. The predicted molar refractivity (Wildman–Crippen MR) is 160 cm³/mol. The standard InChI is InChI=1S/C32H40N4O2S/c1-4-39-32-28(14-9-18-33-32)31(38)35-29(25-10-6-5-7-11-25)17-21-36-19-15-24(16-20-36)26-12-8-13-27(22-26)34-30(37)23(2)3/h5-14,18,22-24,29H,4,15-17,19-21H2,1-3H3,(H,34,37)(H,35,38)/t29-/m0/s1. The Morgan fingerprint density at radius 1 is 1.03 bits per heavy atom. The summed E-state index contributed by atoms with van der Waals surface area (Å²) in [5.41, 5.74) is 3.93. The number of rotatable bonds is 11. The Balaban J connectivity index is 1.35. The van der Waals surface area contributed by atoms with Crippen molar-refractivity contribution in [3.63, 3.8) is 0 Å². The van der Waals surface area contributed by atoms with Crippen LogP contribution in [0.1, 0.15) is 73.5 Å². The molecule has 0 aliphatic carbocycles. The highest BCUT2D eigenvalue weighted by atomic mass is 32.2. The van der Waals surface area contributed by atoms with Crippen molar-refractivity contribution in [1.82, 2.24) is 15.2 Å². The van der Waals surface area contributed by atoms with E-state index in [4.69, 9.17) is 0 Å². The summed E-state index contributed by atoms with van der Waals surface area (Å²) in [4.78, 5) is 32.3. The Kier molecular flexibility index (Phi) is 10.6. The number of carbonyl (C=O) groups is 2. The molecular formula is C32H40N4O2S. The molecule has 3 aromatic rings. The van der Waals surface area contributed by atoms with Crippen LogP contribution in [0, 0.1) is 5.92 Å². The molecule has 4 rings (SSSR count). The molecule has 0 saturated carbocycles. The second-order valence-corrected chi connectivity index (χ2v) is 11.7. The van der Waals surface area contributed by atoms with E-state index < -0.39 is 0 Å². The number of benzene rings is 2. The summed E-state index contributed by atoms with van der Waals surface area (Å²) in [6, 6.07) is 22.2. The van der Waals surface area contributed by atoms with E-state index in [1.807, 2.05) is 56.3 Å². The van der Waals surface area contributed by atoms with E-state index in [0.717, 1.165) is 60.9 Å². The van der Waals surface area contributed by atoms with Gasteiger partial charge in [0.15, 0.2) is 0 Å². The number of carbonyl (C=O) groups excluding carboxylic acids is 2. The van der Waals surface area contributed by atoms with E-state index in [1.165, 1.54) is 5.56 Å². The number of nitrogens with zero attached hydrogens (tertiary/aromatic N) is 2. The second kappa shape index (κ2) is 14.3. The monoisotopic (exact) mass is 544 g/mol. The fourth-order valence-corrected chi connectivity index (χ4v) is 5.74. The SMILES string of the molecule is CCSc1ncccc1C(=O)N[C@@H](CCN1CCC(c2cccc(NC(=O)C(C)C)c2)CC1)c1ccccc1. The Morgan fingerprint density at radius 3 is 2.51 bits per heavy atom. The molecule has 0 bridgehead atoms. The predicted octanol–water partition coefficient (Wildman–Crippen LogP) is 6.53. The number of hydrogen-bond acceptors (Lipinski definition) is 5. The summed E-state index contributed by atoms with van der Waals surface area (Å²) < 4.78 is 0. The molecule has 1 fully saturated rings. The molecule has 39 heavy (non-hydrogen) atoms.